The summed E-state index contributed by atoms with van der Waals surface area (Å²) >= 11 is 0. The van der Waals surface area contributed by atoms with Gasteiger partial charge in [-0.15, -0.1) is 0 Å². The second-order valence-corrected chi connectivity index (χ2v) is 4.66. The number of carbonyl (C=O) groups excluding carboxylic acids is 1. The summed E-state index contributed by atoms with van der Waals surface area (Å²) in [6, 6.07) is 1.88. The van der Waals surface area contributed by atoms with Crippen molar-refractivity contribution in [2.24, 2.45) is 0 Å². The maximum absolute atomic E-state index is 11.4. The van der Waals surface area contributed by atoms with Crippen molar-refractivity contribution in [3.8, 4) is 6.07 Å². The normalized spacial score (nSPS) is 10.6. The predicted molar refractivity (Wildman–Crippen MR) is 65.7 cm³/mol. The van der Waals surface area contributed by atoms with Crippen LogP contribution >= 0.6 is 0 Å². The number of nitriles is 1. The first-order valence-electron chi connectivity index (χ1n) is 5.58. The third-order valence-corrected chi connectivity index (χ3v) is 1.82. The van der Waals surface area contributed by atoms with E-state index in [9.17, 15) is 4.79 Å². The van der Waals surface area contributed by atoms with Gasteiger partial charge in [-0.2, -0.15) is 5.26 Å². The zero-order chi connectivity index (χ0) is 13.6. The molecule has 0 aliphatic rings. The van der Waals surface area contributed by atoms with Crippen LogP contribution in [0.15, 0.2) is 12.4 Å². The molecule has 1 aromatic rings. The van der Waals surface area contributed by atoms with Gasteiger partial charge in [-0.1, -0.05) is 0 Å². The SMILES string of the molecule is CC(C)(C)OC(=O)CCNc1cnc(C#N)cn1. The number of nitrogens with one attached hydrogen (secondary N) is 1. The monoisotopic (exact) mass is 248 g/mol. The Kier molecular flexibility index (Phi) is 4.60. The van der Waals surface area contributed by atoms with E-state index in [1.54, 1.807) is 0 Å². The summed E-state index contributed by atoms with van der Waals surface area (Å²) in [6.07, 6.45) is 3.07. The van der Waals surface area contributed by atoms with E-state index in [4.69, 9.17) is 10.00 Å². The standard InChI is InChI=1S/C12H16N4O2/c1-12(2,3)18-11(17)4-5-14-10-8-15-9(6-13)7-16-10/h7-8H,4-5H2,1-3H3,(H,14,16). The smallest absolute Gasteiger partial charge is 0.308 e. The van der Waals surface area contributed by atoms with Crippen LogP contribution in [0.25, 0.3) is 0 Å². The Morgan fingerprint density at radius 1 is 1.44 bits per heavy atom. The van der Waals surface area contributed by atoms with Gasteiger partial charge in [0, 0.05) is 6.54 Å². The Bertz CT molecular complexity index is 443. The summed E-state index contributed by atoms with van der Waals surface area (Å²) in [5.74, 6) is 0.258. The third-order valence-electron chi connectivity index (χ3n) is 1.82. The first-order valence-corrected chi connectivity index (χ1v) is 5.58. The molecule has 1 N–H and O–H groups in total. The van der Waals surface area contributed by atoms with Crippen LogP contribution < -0.4 is 5.32 Å². The van der Waals surface area contributed by atoms with Crippen molar-refractivity contribution >= 4 is 11.8 Å². The highest BCUT2D eigenvalue weighted by atomic mass is 16.6. The first kappa shape index (κ1) is 13.9. The van der Waals surface area contributed by atoms with E-state index in [-0.39, 0.29) is 18.1 Å². The van der Waals surface area contributed by atoms with E-state index in [1.165, 1.54) is 12.4 Å². The fraction of sp³-hybridized carbons (Fsp3) is 0.500. The Labute approximate surface area is 106 Å². The maximum Gasteiger partial charge on any atom is 0.308 e. The van der Waals surface area contributed by atoms with Gasteiger partial charge in [-0.3, -0.25) is 4.79 Å². The molecular formula is C12H16N4O2. The highest BCUT2D eigenvalue weighted by molar-refractivity contribution is 5.70. The second kappa shape index (κ2) is 5.96. The van der Waals surface area contributed by atoms with Crippen molar-refractivity contribution in [3.63, 3.8) is 0 Å². The predicted octanol–water partition coefficient (Wildman–Crippen LogP) is 1.49. The number of rotatable bonds is 4. The molecule has 0 saturated heterocycles. The molecule has 0 bridgehead atoms. The largest absolute Gasteiger partial charge is 0.460 e. The molecule has 0 unspecified atom stereocenters. The van der Waals surface area contributed by atoms with Gasteiger partial charge in [0.25, 0.3) is 0 Å². The number of esters is 1. The first-order chi connectivity index (χ1) is 8.40. The third kappa shape index (κ3) is 5.25. The van der Waals surface area contributed by atoms with Crippen LogP contribution in [0.1, 0.15) is 32.9 Å². The highest BCUT2D eigenvalue weighted by Gasteiger charge is 2.15. The molecule has 0 fully saturated rings. The zero-order valence-electron chi connectivity index (χ0n) is 10.7. The van der Waals surface area contributed by atoms with Gasteiger partial charge in [0.2, 0.25) is 0 Å². The second-order valence-electron chi connectivity index (χ2n) is 4.66. The Hall–Kier alpha value is -2.16. The van der Waals surface area contributed by atoms with Gasteiger partial charge >= 0.3 is 5.97 Å². The molecule has 96 valence electrons. The summed E-state index contributed by atoms with van der Waals surface area (Å²) in [7, 11) is 0. The average Bonchev–Trinajstić information content (AvgIpc) is 2.27. The van der Waals surface area contributed by atoms with E-state index in [2.05, 4.69) is 15.3 Å². The minimum Gasteiger partial charge on any atom is -0.460 e. The summed E-state index contributed by atoms with van der Waals surface area (Å²) in [6.45, 7) is 5.88. The molecule has 1 aromatic heterocycles. The molecule has 0 saturated carbocycles. The summed E-state index contributed by atoms with van der Waals surface area (Å²) < 4.78 is 5.15. The molecule has 6 heteroatoms. The number of ether oxygens (including phenoxy) is 1. The number of hydrogen-bond acceptors (Lipinski definition) is 6. The van der Waals surface area contributed by atoms with Gasteiger partial charge in [0.15, 0.2) is 5.69 Å². The Morgan fingerprint density at radius 3 is 2.67 bits per heavy atom. The van der Waals surface area contributed by atoms with E-state index in [0.717, 1.165) is 0 Å². The van der Waals surface area contributed by atoms with E-state index < -0.39 is 5.60 Å². The minimum atomic E-state index is -0.467. The summed E-state index contributed by atoms with van der Waals surface area (Å²) in [5.41, 5.74) is -0.210. The van der Waals surface area contributed by atoms with Crippen LogP contribution in [0.2, 0.25) is 0 Å². The maximum atomic E-state index is 11.4. The van der Waals surface area contributed by atoms with Gasteiger partial charge in [0.1, 0.15) is 17.5 Å². The van der Waals surface area contributed by atoms with E-state index >= 15 is 0 Å². The minimum absolute atomic E-state index is 0.249. The van der Waals surface area contributed by atoms with Gasteiger partial charge in [-0.25, -0.2) is 9.97 Å². The molecule has 6 nitrogen and oxygen atoms in total. The molecule has 18 heavy (non-hydrogen) atoms. The fourth-order valence-corrected chi connectivity index (χ4v) is 1.16. The van der Waals surface area contributed by atoms with Gasteiger partial charge in [-0.05, 0) is 20.8 Å². The molecule has 1 heterocycles. The lowest BCUT2D eigenvalue weighted by Gasteiger charge is -2.19. The number of aromatic nitrogens is 2. The van der Waals surface area contributed by atoms with Crippen molar-refractivity contribution in [1.29, 1.82) is 5.26 Å². The van der Waals surface area contributed by atoms with Crippen LogP contribution in [0.4, 0.5) is 5.82 Å². The Morgan fingerprint density at radius 2 is 2.17 bits per heavy atom. The molecule has 0 aromatic carbocycles. The van der Waals surface area contributed by atoms with Crippen LogP contribution in [0, 0.1) is 11.3 Å². The molecule has 0 amide bonds. The summed E-state index contributed by atoms with van der Waals surface area (Å²) in [4.78, 5) is 19.2. The van der Waals surface area contributed by atoms with Crippen LogP contribution in [0.3, 0.4) is 0 Å². The van der Waals surface area contributed by atoms with Crippen molar-refractivity contribution < 1.29 is 9.53 Å². The van der Waals surface area contributed by atoms with Crippen LogP contribution in [-0.4, -0.2) is 28.1 Å². The number of carbonyl (C=O) groups is 1. The number of nitrogens with zero attached hydrogens (tertiary/aromatic N) is 3. The number of anilines is 1. The van der Waals surface area contributed by atoms with Gasteiger partial charge in [0.05, 0.1) is 18.8 Å². The topological polar surface area (TPSA) is 87.9 Å². The number of hydrogen-bond donors (Lipinski definition) is 1. The molecule has 0 atom stereocenters. The van der Waals surface area contributed by atoms with Crippen molar-refractivity contribution in [3.05, 3.63) is 18.1 Å². The van der Waals surface area contributed by atoms with Crippen LogP contribution in [0.5, 0.6) is 0 Å². The van der Waals surface area contributed by atoms with Crippen molar-refractivity contribution in [2.45, 2.75) is 32.8 Å². The van der Waals surface area contributed by atoms with Crippen molar-refractivity contribution in [1.82, 2.24) is 9.97 Å². The molecule has 1 rings (SSSR count). The molecule has 0 spiro atoms. The average molecular weight is 248 g/mol. The van der Waals surface area contributed by atoms with E-state index in [0.29, 0.717) is 12.4 Å². The molecular weight excluding hydrogens is 232 g/mol. The highest BCUT2D eigenvalue weighted by Crippen LogP contribution is 2.08. The van der Waals surface area contributed by atoms with E-state index in [1.807, 2.05) is 26.8 Å². The lowest BCUT2D eigenvalue weighted by atomic mass is 10.2. The Balaban J connectivity index is 2.33. The molecule has 0 aliphatic carbocycles. The lowest BCUT2D eigenvalue weighted by molar-refractivity contribution is -0.154. The zero-order valence-corrected chi connectivity index (χ0v) is 10.7. The fourth-order valence-electron chi connectivity index (χ4n) is 1.16. The van der Waals surface area contributed by atoms with Gasteiger partial charge < -0.3 is 10.1 Å². The quantitative estimate of drug-likeness (QED) is 0.812. The summed E-state index contributed by atoms with van der Waals surface area (Å²) in [5, 5.41) is 11.5. The van der Waals surface area contributed by atoms with Crippen molar-refractivity contribution in [2.75, 3.05) is 11.9 Å². The molecule has 0 radical (unpaired) electrons. The van der Waals surface area contributed by atoms with Crippen LogP contribution in [-0.2, 0) is 9.53 Å². The molecule has 0 aliphatic heterocycles. The lowest BCUT2D eigenvalue weighted by Crippen LogP contribution is -2.25.